The van der Waals surface area contributed by atoms with Gasteiger partial charge in [0.25, 0.3) is 17.4 Å². The third-order valence-electron chi connectivity index (χ3n) is 13.9. The van der Waals surface area contributed by atoms with Gasteiger partial charge >= 0.3 is 5.97 Å². The average Bonchev–Trinajstić information content (AvgIpc) is 3.95. The molecule has 8 amide bonds. The monoisotopic (exact) mass is 1030 g/mol. The van der Waals surface area contributed by atoms with E-state index >= 15 is 4.39 Å². The normalized spacial score (nSPS) is 17.8. The first-order valence-electron chi connectivity index (χ1n) is 24.6. The molecule has 0 spiro atoms. The molecule has 2 aromatic carbocycles. The molecule has 8 rings (SSSR count). The summed E-state index contributed by atoms with van der Waals surface area (Å²) in [5, 5.41) is 36.8. The quantitative estimate of drug-likeness (QED) is 0.0265. The molecule has 22 nitrogen and oxygen atoms in total. The lowest BCUT2D eigenvalue weighted by Crippen LogP contribution is -2.53. The van der Waals surface area contributed by atoms with E-state index in [-0.39, 0.29) is 81.9 Å². The number of rotatable bonds is 21. The van der Waals surface area contributed by atoms with Crippen molar-refractivity contribution in [2.24, 2.45) is 0 Å². The summed E-state index contributed by atoms with van der Waals surface area (Å²) in [4.78, 5) is 135. The Morgan fingerprint density at radius 2 is 1.56 bits per heavy atom. The number of imide groups is 1. The minimum absolute atomic E-state index is 0.0114. The largest absolute Gasteiger partial charge is 0.458 e. The van der Waals surface area contributed by atoms with Crippen LogP contribution in [-0.4, -0.2) is 123 Å². The van der Waals surface area contributed by atoms with Gasteiger partial charge < -0.3 is 51.4 Å². The van der Waals surface area contributed by atoms with Crippen molar-refractivity contribution >= 4 is 64.1 Å². The fourth-order valence-electron chi connectivity index (χ4n) is 10.0. The molecular weight excluding hydrogens is 978 g/mol. The Kier molecular flexibility index (Phi) is 15.9. The number of carbonyl (C=O) groups is 9. The van der Waals surface area contributed by atoms with Crippen molar-refractivity contribution in [2.75, 3.05) is 32.8 Å². The number of amides is 8. The minimum atomic E-state index is -2.05. The highest BCUT2D eigenvalue weighted by Gasteiger charge is 2.46. The summed E-state index contributed by atoms with van der Waals surface area (Å²) in [6.45, 7) is 1.09. The van der Waals surface area contributed by atoms with E-state index in [1.807, 2.05) is 0 Å². The van der Waals surface area contributed by atoms with Crippen LogP contribution in [0.25, 0.3) is 22.3 Å². The van der Waals surface area contributed by atoms with Crippen LogP contribution in [0, 0.1) is 12.7 Å². The number of fused-ring (bicyclic) bond motifs is 5. The molecule has 75 heavy (non-hydrogen) atoms. The number of benzene rings is 2. The number of esters is 1. The van der Waals surface area contributed by atoms with Crippen molar-refractivity contribution in [1.82, 2.24) is 46.4 Å². The fourth-order valence-corrected chi connectivity index (χ4v) is 10.0. The van der Waals surface area contributed by atoms with E-state index < -0.39 is 102 Å². The molecule has 0 fully saturated rings. The Labute approximate surface area is 427 Å². The van der Waals surface area contributed by atoms with Crippen LogP contribution in [0.4, 0.5) is 4.39 Å². The van der Waals surface area contributed by atoms with Gasteiger partial charge in [0.1, 0.15) is 24.5 Å². The van der Waals surface area contributed by atoms with E-state index in [4.69, 9.17) is 9.72 Å². The third-order valence-corrected chi connectivity index (χ3v) is 13.9. The summed E-state index contributed by atoms with van der Waals surface area (Å²) in [6.07, 6.45) is 3.06. The molecule has 0 unspecified atom stereocenters. The maximum absolute atomic E-state index is 15.4. The molecule has 394 valence electrons. The van der Waals surface area contributed by atoms with Gasteiger partial charge in [-0.15, -0.1) is 0 Å². The summed E-state index contributed by atoms with van der Waals surface area (Å²) in [5.74, 6) is -6.77. The van der Waals surface area contributed by atoms with Crippen molar-refractivity contribution in [3.8, 4) is 11.4 Å². The molecule has 2 aromatic heterocycles. The highest BCUT2D eigenvalue weighted by molar-refractivity contribution is 6.15. The van der Waals surface area contributed by atoms with Gasteiger partial charge in [0, 0.05) is 60.7 Å². The lowest BCUT2D eigenvalue weighted by molar-refractivity contribution is -0.172. The summed E-state index contributed by atoms with van der Waals surface area (Å²) in [6, 6.07) is 8.57. The van der Waals surface area contributed by atoms with Gasteiger partial charge in [-0.2, -0.15) is 0 Å². The maximum atomic E-state index is 15.4. The highest BCUT2D eigenvalue weighted by Crippen LogP contribution is 2.46. The number of nitrogens with one attached hydrogen (secondary N) is 6. The molecule has 4 aromatic rings. The summed E-state index contributed by atoms with van der Waals surface area (Å²) in [7, 11) is 0. The average molecular weight is 1030 g/mol. The van der Waals surface area contributed by atoms with Crippen LogP contribution in [0.3, 0.4) is 0 Å². The second-order valence-corrected chi connectivity index (χ2v) is 18.7. The van der Waals surface area contributed by atoms with E-state index in [9.17, 15) is 58.2 Å². The number of hydrogen-bond donors (Lipinski definition) is 8. The molecule has 23 heteroatoms. The Hall–Kier alpha value is -8.18. The number of pyridine rings is 2. The standard InChI is InChI=1S/C52H56FN9O13/c1-3-52(74)32-20-38-47-30(25-61(38)50(72)31(32)26-75-51(52)73)46-34(14-13-29-27(2)33(53)21-35(60-47)45(29)46)58-39(64)12-7-17-54-40(65)22-56-48(70)36(19-28-9-5-4-6-10-28)59-42(67)24-55-41(66)23-57-49(71)37(11-8-18-63)62-43(68)15-16-44(62)69/h4-6,9-10,15-16,20-21,34,36-37,63,74H,3,7-8,11-14,17-19,22-26H2,1-2H3,(H,54,65)(H,55,66)(H,56,70)(H,57,71)(H,58,64)(H,59,67)/t34-,36-,37-,52-/m0/s1. The van der Waals surface area contributed by atoms with Gasteiger partial charge in [-0.1, -0.05) is 37.3 Å². The number of halogens is 1. The van der Waals surface area contributed by atoms with Crippen LogP contribution in [0.5, 0.6) is 0 Å². The van der Waals surface area contributed by atoms with Gasteiger partial charge in [-0.3, -0.25) is 48.1 Å². The maximum Gasteiger partial charge on any atom is 0.343 e. The number of nitrogens with zero attached hydrogens (tertiary/aromatic N) is 3. The van der Waals surface area contributed by atoms with Crippen LogP contribution < -0.4 is 37.5 Å². The van der Waals surface area contributed by atoms with Gasteiger partial charge in [0.05, 0.1) is 54.7 Å². The smallest absolute Gasteiger partial charge is 0.343 e. The molecule has 1 aliphatic carbocycles. The first-order chi connectivity index (χ1) is 35.9. The molecule has 4 atom stereocenters. The van der Waals surface area contributed by atoms with Crippen molar-refractivity contribution in [1.29, 1.82) is 0 Å². The molecule has 3 aliphatic heterocycles. The first kappa shape index (κ1) is 53.1. The van der Waals surface area contributed by atoms with E-state index in [0.717, 1.165) is 22.6 Å². The van der Waals surface area contributed by atoms with Crippen LogP contribution >= 0.6 is 0 Å². The van der Waals surface area contributed by atoms with Crippen molar-refractivity contribution in [2.45, 2.75) is 102 Å². The molecule has 0 saturated carbocycles. The third kappa shape index (κ3) is 11.0. The fraction of sp³-hybridized carbons (Fsp3) is 0.404. The summed E-state index contributed by atoms with van der Waals surface area (Å²) >= 11 is 0. The Bertz CT molecular complexity index is 3110. The van der Waals surface area contributed by atoms with Crippen LogP contribution in [-0.2, 0) is 79.5 Å². The van der Waals surface area contributed by atoms with Crippen LogP contribution in [0.2, 0.25) is 0 Å². The number of hydrogen-bond acceptors (Lipinski definition) is 14. The van der Waals surface area contributed by atoms with Gasteiger partial charge in [-0.05, 0) is 73.8 Å². The number of carbonyl (C=O) groups excluding carboxylic acids is 9. The van der Waals surface area contributed by atoms with Gasteiger partial charge in [0.15, 0.2) is 5.60 Å². The molecule has 5 heterocycles. The van der Waals surface area contributed by atoms with Crippen molar-refractivity contribution < 1.29 is 62.5 Å². The zero-order chi connectivity index (χ0) is 53.7. The van der Waals surface area contributed by atoms with E-state index in [1.165, 1.54) is 10.6 Å². The number of aliphatic hydroxyl groups is 2. The summed E-state index contributed by atoms with van der Waals surface area (Å²) < 4.78 is 22.1. The Morgan fingerprint density at radius 3 is 2.27 bits per heavy atom. The zero-order valence-electron chi connectivity index (χ0n) is 41.1. The topological polar surface area (TPSA) is 314 Å². The lowest BCUT2D eigenvalue weighted by atomic mass is 9.81. The molecule has 4 aliphatic rings. The molecular formula is C52H56FN9O13. The summed E-state index contributed by atoms with van der Waals surface area (Å²) in [5.41, 5.74) is 2.03. The molecule has 8 N–H and O–H groups in total. The second kappa shape index (κ2) is 22.5. The molecule has 0 saturated heterocycles. The number of aliphatic hydroxyl groups excluding tert-OH is 1. The van der Waals surface area contributed by atoms with E-state index in [1.54, 1.807) is 50.2 Å². The number of aromatic nitrogens is 2. The molecule has 0 bridgehead atoms. The van der Waals surface area contributed by atoms with E-state index in [0.29, 0.717) is 57.4 Å². The van der Waals surface area contributed by atoms with Crippen LogP contribution in [0.15, 0.2) is 59.4 Å². The number of aryl methyl sites for hydroxylation is 1. The number of cyclic esters (lactones) is 1. The SMILES string of the molecule is CC[C@@]1(O)C(=O)OCc2c1cc1n(c2=O)Cc2c-1nc1cc(F)c(C)c3c1c2[C@@H](NC(=O)CCCNC(=O)CNC(=O)[C@H](Cc1ccccc1)NC(=O)CNC(=O)CNC(=O)[C@H](CCCO)N1C(=O)C=CC1=O)CC3. The predicted octanol–water partition coefficient (Wildman–Crippen LogP) is -0.331. The highest BCUT2D eigenvalue weighted by atomic mass is 19.1. The second-order valence-electron chi connectivity index (χ2n) is 18.7. The van der Waals surface area contributed by atoms with Crippen LogP contribution in [0.1, 0.15) is 90.4 Å². The Morgan fingerprint density at radius 1 is 0.867 bits per heavy atom. The lowest BCUT2D eigenvalue weighted by Gasteiger charge is -2.31. The minimum Gasteiger partial charge on any atom is -0.458 e. The molecule has 0 radical (unpaired) electrons. The van der Waals surface area contributed by atoms with Crippen molar-refractivity contribution in [3.05, 3.63) is 110 Å². The number of ether oxygens (including phenoxy) is 1. The first-order valence-corrected chi connectivity index (χ1v) is 24.6. The predicted molar refractivity (Wildman–Crippen MR) is 263 cm³/mol. The van der Waals surface area contributed by atoms with Gasteiger partial charge in [0.2, 0.25) is 35.4 Å². The Balaban J connectivity index is 0.839. The van der Waals surface area contributed by atoms with E-state index in [2.05, 4.69) is 31.9 Å². The van der Waals surface area contributed by atoms with Gasteiger partial charge in [-0.25, -0.2) is 14.2 Å². The van der Waals surface area contributed by atoms with Crippen molar-refractivity contribution in [3.63, 3.8) is 0 Å². The zero-order valence-corrected chi connectivity index (χ0v) is 41.1.